The van der Waals surface area contributed by atoms with Crippen molar-refractivity contribution in [3.8, 4) is 11.3 Å². The summed E-state index contributed by atoms with van der Waals surface area (Å²) >= 11 is 0. The molecule has 1 heterocycles. The molecule has 0 saturated heterocycles. The number of aromatic amines is 1. The molecule has 4 nitrogen and oxygen atoms in total. The standard InChI is InChI=1S/C13H14N2O2/c1-8-3-4-10(5-9(8)2)12-6-11(14-15-12)7-13(16)17/h3-6H,7H2,1-2H3,(H,14,15)(H,16,17). The second kappa shape index (κ2) is 4.41. The summed E-state index contributed by atoms with van der Waals surface area (Å²) in [5, 5.41) is 15.5. The van der Waals surface area contributed by atoms with E-state index >= 15 is 0 Å². The summed E-state index contributed by atoms with van der Waals surface area (Å²) in [6.07, 6.45) is -0.0299. The lowest BCUT2D eigenvalue weighted by atomic mass is 10.0. The fourth-order valence-corrected chi connectivity index (χ4v) is 1.66. The van der Waals surface area contributed by atoms with Crippen LogP contribution in [0.3, 0.4) is 0 Å². The van der Waals surface area contributed by atoms with Gasteiger partial charge in [0.25, 0.3) is 0 Å². The zero-order chi connectivity index (χ0) is 12.4. The molecule has 0 aliphatic rings. The molecule has 0 atom stereocenters. The van der Waals surface area contributed by atoms with Gasteiger partial charge in [-0.1, -0.05) is 12.1 Å². The summed E-state index contributed by atoms with van der Waals surface area (Å²) in [4.78, 5) is 10.6. The van der Waals surface area contributed by atoms with Gasteiger partial charge >= 0.3 is 5.97 Å². The molecular weight excluding hydrogens is 216 g/mol. The molecule has 0 aliphatic carbocycles. The molecule has 4 heteroatoms. The number of nitrogens with one attached hydrogen (secondary N) is 1. The zero-order valence-corrected chi connectivity index (χ0v) is 9.82. The topological polar surface area (TPSA) is 66.0 Å². The Morgan fingerprint density at radius 2 is 2.06 bits per heavy atom. The van der Waals surface area contributed by atoms with E-state index in [2.05, 4.69) is 23.2 Å². The average molecular weight is 230 g/mol. The number of carboxylic acids is 1. The first kappa shape index (κ1) is 11.4. The Balaban J connectivity index is 2.30. The maximum atomic E-state index is 10.6. The highest BCUT2D eigenvalue weighted by atomic mass is 16.4. The Bertz CT molecular complexity index is 558. The molecule has 0 bridgehead atoms. The number of aromatic nitrogens is 2. The maximum Gasteiger partial charge on any atom is 0.309 e. The van der Waals surface area contributed by atoms with Gasteiger partial charge < -0.3 is 5.11 Å². The van der Waals surface area contributed by atoms with Crippen LogP contribution >= 0.6 is 0 Å². The van der Waals surface area contributed by atoms with Crippen molar-refractivity contribution in [3.05, 3.63) is 41.1 Å². The third-order valence-electron chi connectivity index (χ3n) is 2.78. The second-order valence-electron chi connectivity index (χ2n) is 4.15. The van der Waals surface area contributed by atoms with E-state index < -0.39 is 5.97 Å². The molecule has 0 amide bonds. The minimum Gasteiger partial charge on any atom is -0.481 e. The van der Waals surface area contributed by atoms with Gasteiger partial charge in [-0.2, -0.15) is 5.10 Å². The van der Waals surface area contributed by atoms with Crippen molar-refractivity contribution in [2.24, 2.45) is 0 Å². The van der Waals surface area contributed by atoms with Gasteiger partial charge in [0, 0.05) is 11.3 Å². The van der Waals surface area contributed by atoms with E-state index in [9.17, 15) is 4.79 Å². The number of hydrogen-bond donors (Lipinski definition) is 2. The smallest absolute Gasteiger partial charge is 0.309 e. The minimum absolute atomic E-state index is 0.0299. The molecule has 1 aromatic heterocycles. The van der Waals surface area contributed by atoms with Crippen LogP contribution < -0.4 is 0 Å². The van der Waals surface area contributed by atoms with E-state index in [0.717, 1.165) is 11.3 Å². The number of hydrogen-bond acceptors (Lipinski definition) is 2. The summed E-state index contributed by atoms with van der Waals surface area (Å²) in [5.74, 6) is -0.861. The molecule has 2 rings (SSSR count). The van der Waals surface area contributed by atoms with E-state index in [1.165, 1.54) is 11.1 Å². The van der Waals surface area contributed by atoms with Crippen molar-refractivity contribution in [1.82, 2.24) is 10.2 Å². The quantitative estimate of drug-likeness (QED) is 0.850. The van der Waals surface area contributed by atoms with Crippen molar-refractivity contribution >= 4 is 5.97 Å². The fraction of sp³-hybridized carbons (Fsp3) is 0.231. The number of carbonyl (C=O) groups is 1. The number of H-pyrrole nitrogens is 1. The van der Waals surface area contributed by atoms with Crippen LogP contribution in [0.5, 0.6) is 0 Å². The molecule has 0 radical (unpaired) electrons. The summed E-state index contributed by atoms with van der Waals surface area (Å²) in [5.41, 5.74) is 4.83. The van der Waals surface area contributed by atoms with E-state index in [-0.39, 0.29) is 6.42 Å². The van der Waals surface area contributed by atoms with E-state index in [0.29, 0.717) is 5.69 Å². The lowest BCUT2D eigenvalue weighted by Gasteiger charge is -2.01. The van der Waals surface area contributed by atoms with Gasteiger partial charge in [-0.3, -0.25) is 9.89 Å². The van der Waals surface area contributed by atoms with Crippen LogP contribution in [0.1, 0.15) is 16.8 Å². The largest absolute Gasteiger partial charge is 0.481 e. The van der Waals surface area contributed by atoms with E-state index in [1.807, 2.05) is 19.1 Å². The zero-order valence-electron chi connectivity index (χ0n) is 9.82. The van der Waals surface area contributed by atoms with Gasteiger partial charge in [-0.05, 0) is 37.1 Å². The monoisotopic (exact) mass is 230 g/mol. The molecule has 0 saturated carbocycles. The van der Waals surface area contributed by atoms with Crippen molar-refractivity contribution in [3.63, 3.8) is 0 Å². The van der Waals surface area contributed by atoms with Crippen molar-refractivity contribution in [2.75, 3.05) is 0 Å². The molecule has 17 heavy (non-hydrogen) atoms. The van der Waals surface area contributed by atoms with Crippen LogP contribution in [-0.4, -0.2) is 21.3 Å². The number of aryl methyl sites for hydroxylation is 2. The third-order valence-corrected chi connectivity index (χ3v) is 2.78. The molecular formula is C13H14N2O2. The van der Waals surface area contributed by atoms with Gasteiger partial charge in [-0.25, -0.2) is 0 Å². The number of carboxylic acid groups (broad SMARTS) is 1. The normalized spacial score (nSPS) is 10.5. The Labute approximate surface area is 99.3 Å². The molecule has 0 spiro atoms. The van der Waals surface area contributed by atoms with Crippen LogP contribution in [0, 0.1) is 13.8 Å². The maximum absolute atomic E-state index is 10.6. The van der Waals surface area contributed by atoms with Gasteiger partial charge in [-0.15, -0.1) is 0 Å². The summed E-state index contributed by atoms with van der Waals surface area (Å²) in [6, 6.07) is 7.85. The third kappa shape index (κ3) is 2.53. The molecule has 1 aromatic carbocycles. The highest BCUT2D eigenvalue weighted by Gasteiger charge is 2.07. The Kier molecular flexibility index (Phi) is 2.95. The summed E-state index contributed by atoms with van der Waals surface area (Å²) in [6.45, 7) is 4.10. The highest BCUT2D eigenvalue weighted by Crippen LogP contribution is 2.20. The number of benzene rings is 1. The van der Waals surface area contributed by atoms with Crippen LogP contribution in [0.2, 0.25) is 0 Å². The minimum atomic E-state index is -0.861. The Hall–Kier alpha value is -2.10. The first-order chi connectivity index (χ1) is 8.06. The fourth-order valence-electron chi connectivity index (χ4n) is 1.66. The van der Waals surface area contributed by atoms with Crippen LogP contribution in [-0.2, 0) is 11.2 Å². The average Bonchev–Trinajstić information content (AvgIpc) is 2.69. The molecule has 2 aromatic rings. The molecule has 88 valence electrons. The molecule has 0 unspecified atom stereocenters. The van der Waals surface area contributed by atoms with Crippen LogP contribution in [0.25, 0.3) is 11.3 Å². The molecule has 2 N–H and O–H groups in total. The number of nitrogens with zero attached hydrogens (tertiary/aromatic N) is 1. The van der Waals surface area contributed by atoms with Crippen molar-refractivity contribution in [1.29, 1.82) is 0 Å². The first-order valence-electron chi connectivity index (χ1n) is 5.40. The van der Waals surface area contributed by atoms with Crippen LogP contribution in [0.4, 0.5) is 0 Å². The SMILES string of the molecule is Cc1ccc(-c2cc(CC(=O)O)[nH]n2)cc1C. The second-order valence-corrected chi connectivity index (χ2v) is 4.15. The summed E-state index contributed by atoms with van der Waals surface area (Å²) in [7, 11) is 0. The Morgan fingerprint density at radius 1 is 1.29 bits per heavy atom. The van der Waals surface area contributed by atoms with Crippen LogP contribution in [0.15, 0.2) is 24.3 Å². The van der Waals surface area contributed by atoms with E-state index in [1.54, 1.807) is 6.07 Å². The van der Waals surface area contributed by atoms with Gasteiger partial charge in [0.15, 0.2) is 0 Å². The van der Waals surface area contributed by atoms with Crippen molar-refractivity contribution in [2.45, 2.75) is 20.3 Å². The van der Waals surface area contributed by atoms with Gasteiger partial charge in [0.05, 0.1) is 12.1 Å². The van der Waals surface area contributed by atoms with Crippen molar-refractivity contribution < 1.29 is 9.90 Å². The van der Waals surface area contributed by atoms with Gasteiger partial charge in [0.1, 0.15) is 0 Å². The Morgan fingerprint density at radius 3 is 2.71 bits per heavy atom. The predicted molar refractivity (Wildman–Crippen MR) is 64.8 cm³/mol. The summed E-state index contributed by atoms with van der Waals surface area (Å²) < 4.78 is 0. The highest BCUT2D eigenvalue weighted by molar-refractivity contribution is 5.70. The van der Waals surface area contributed by atoms with Gasteiger partial charge in [0.2, 0.25) is 0 Å². The van der Waals surface area contributed by atoms with E-state index in [4.69, 9.17) is 5.11 Å². The lowest BCUT2D eigenvalue weighted by molar-refractivity contribution is -0.136. The first-order valence-corrected chi connectivity index (χ1v) is 5.40. The molecule has 0 aliphatic heterocycles. The number of aliphatic carboxylic acids is 1. The molecule has 0 fully saturated rings. The predicted octanol–water partition coefficient (Wildman–Crippen LogP) is 2.32. The lowest BCUT2D eigenvalue weighted by Crippen LogP contribution is -1.99. The number of rotatable bonds is 3.